The van der Waals surface area contributed by atoms with Gasteiger partial charge in [0.15, 0.2) is 0 Å². The number of rotatable bonds is 4. The van der Waals surface area contributed by atoms with E-state index in [9.17, 15) is 0 Å². The number of hydrogen-bond acceptors (Lipinski definition) is 1. The Bertz CT molecular complexity index is 92.3. The summed E-state index contributed by atoms with van der Waals surface area (Å²) < 4.78 is 15.2. The minimum Gasteiger partial charge on any atom is -0.161 e. The molecule has 0 spiro atoms. The summed E-state index contributed by atoms with van der Waals surface area (Å²) >= 11 is 1.45. The van der Waals surface area contributed by atoms with Crippen molar-refractivity contribution in [3.05, 3.63) is 0 Å². The molecule has 56 valence electrons. The SMILES string of the molecule is [2H]C(SC([2H])C(C)C)C(C)C. The third-order valence-corrected chi connectivity index (χ3v) is 2.10. The van der Waals surface area contributed by atoms with Crippen LogP contribution in [-0.2, 0) is 0 Å². The summed E-state index contributed by atoms with van der Waals surface area (Å²) in [6.07, 6.45) is 0. The average molecular weight is 148 g/mol. The van der Waals surface area contributed by atoms with Crippen LogP contribution >= 0.6 is 11.8 Å². The highest BCUT2D eigenvalue weighted by Crippen LogP contribution is 2.11. The van der Waals surface area contributed by atoms with Crippen LogP contribution in [0.2, 0.25) is 0 Å². The van der Waals surface area contributed by atoms with Crippen LogP contribution in [0.4, 0.5) is 0 Å². The summed E-state index contributed by atoms with van der Waals surface area (Å²) in [7, 11) is 0. The van der Waals surface area contributed by atoms with Gasteiger partial charge in [-0.3, -0.25) is 0 Å². The maximum absolute atomic E-state index is 7.59. The summed E-state index contributed by atoms with van der Waals surface area (Å²) in [5.74, 6) is 0.707. The fourth-order valence-corrected chi connectivity index (χ4v) is 1.08. The van der Waals surface area contributed by atoms with Crippen LogP contribution < -0.4 is 0 Å². The lowest BCUT2D eigenvalue weighted by Crippen LogP contribution is -1.96. The van der Waals surface area contributed by atoms with Crippen molar-refractivity contribution in [2.75, 3.05) is 11.5 Å². The second kappa shape index (κ2) is 5.16. The van der Waals surface area contributed by atoms with Gasteiger partial charge < -0.3 is 0 Å². The Balaban J connectivity index is 3.66. The van der Waals surface area contributed by atoms with Gasteiger partial charge in [-0.2, -0.15) is 11.8 Å². The summed E-state index contributed by atoms with van der Waals surface area (Å²) in [5, 5.41) is 0. The van der Waals surface area contributed by atoms with Crippen LogP contribution in [0.3, 0.4) is 0 Å². The molecule has 0 N–H and O–H groups in total. The number of hydrogen-bond donors (Lipinski definition) is 0. The molecular formula is C8H18S. The maximum atomic E-state index is 7.59. The van der Waals surface area contributed by atoms with Gasteiger partial charge >= 0.3 is 0 Å². The standard InChI is InChI=1S/C8H18S/c1-7(2)5-9-6-8(3)4/h7-8H,5-6H2,1-4H3/i5D,6D. The second-order valence-corrected chi connectivity index (χ2v) is 3.71. The first kappa shape index (κ1) is 6.09. The highest BCUT2D eigenvalue weighted by molar-refractivity contribution is 7.99. The van der Waals surface area contributed by atoms with Crippen molar-refractivity contribution in [3.63, 3.8) is 0 Å². The van der Waals surface area contributed by atoms with E-state index in [1.165, 1.54) is 11.8 Å². The van der Waals surface area contributed by atoms with Crippen LogP contribution in [0.25, 0.3) is 0 Å². The van der Waals surface area contributed by atoms with Crippen molar-refractivity contribution in [2.45, 2.75) is 27.7 Å². The van der Waals surface area contributed by atoms with E-state index in [0.717, 1.165) is 0 Å². The molecule has 0 aliphatic carbocycles. The molecular weight excluding hydrogens is 128 g/mol. The molecule has 0 amide bonds. The van der Waals surface area contributed by atoms with Crippen molar-refractivity contribution in [1.82, 2.24) is 0 Å². The smallest absolute Gasteiger partial charge is 0.0383 e. The summed E-state index contributed by atoms with van der Waals surface area (Å²) in [6, 6.07) is 0. The normalized spacial score (nSPS) is 21.6. The van der Waals surface area contributed by atoms with E-state index in [0.29, 0.717) is 11.8 Å². The van der Waals surface area contributed by atoms with Gasteiger partial charge in [0.25, 0.3) is 0 Å². The van der Waals surface area contributed by atoms with Crippen molar-refractivity contribution >= 4 is 11.8 Å². The van der Waals surface area contributed by atoms with Gasteiger partial charge in [0, 0.05) is 2.74 Å². The Morgan fingerprint density at radius 2 is 1.44 bits per heavy atom. The van der Waals surface area contributed by atoms with Crippen molar-refractivity contribution < 1.29 is 2.74 Å². The van der Waals surface area contributed by atoms with E-state index < -0.39 is 0 Å². The zero-order chi connectivity index (χ0) is 9.02. The Morgan fingerprint density at radius 3 is 1.67 bits per heavy atom. The molecule has 0 fully saturated rings. The molecule has 2 atom stereocenters. The van der Waals surface area contributed by atoms with Gasteiger partial charge in [-0.1, -0.05) is 27.7 Å². The zero-order valence-corrected chi connectivity index (χ0v) is 7.53. The largest absolute Gasteiger partial charge is 0.161 e. The van der Waals surface area contributed by atoms with Crippen molar-refractivity contribution in [3.8, 4) is 0 Å². The molecule has 0 aromatic rings. The van der Waals surface area contributed by atoms with Crippen LogP contribution in [-0.4, -0.2) is 11.5 Å². The van der Waals surface area contributed by atoms with Crippen LogP contribution in [0.1, 0.15) is 30.4 Å². The summed E-state index contributed by atoms with van der Waals surface area (Å²) in [5.41, 5.74) is -0.278. The summed E-state index contributed by atoms with van der Waals surface area (Å²) in [6.45, 7) is 8.10. The molecule has 0 nitrogen and oxygen atoms in total. The van der Waals surface area contributed by atoms with E-state index in [1.807, 2.05) is 27.7 Å². The fraction of sp³-hybridized carbons (Fsp3) is 1.00. The molecule has 0 heterocycles. The predicted molar refractivity (Wildman–Crippen MR) is 47.0 cm³/mol. The van der Waals surface area contributed by atoms with Gasteiger partial charge in [-0.25, -0.2) is 0 Å². The first-order chi connectivity index (χ1) is 4.95. The molecule has 0 aliphatic heterocycles. The van der Waals surface area contributed by atoms with Crippen LogP contribution in [0, 0.1) is 11.8 Å². The topological polar surface area (TPSA) is 0 Å². The first-order valence-electron chi connectivity index (χ1n) is 4.60. The molecule has 0 aliphatic rings. The van der Waals surface area contributed by atoms with Crippen LogP contribution in [0.5, 0.6) is 0 Å². The Hall–Kier alpha value is 0.350. The van der Waals surface area contributed by atoms with Gasteiger partial charge in [0.2, 0.25) is 0 Å². The van der Waals surface area contributed by atoms with E-state index in [2.05, 4.69) is 0 Å². The van der Waals surface area contributed by atoms with Gasteiger partial charge in [0.05, 0.1) is 0 Å². The molecule has 9 heavy (non-hydrogen) atoms. The molecule has 0 aromatic heterocycles. The lowest BCUT2D eigenvalue weighted by Gasteiger charge is -2.05. The van der Waals surface area contributed by atoms with Crippen molar-refractivity contribution in [1.29, 1.82) is 0 Å². The summed E-state index contributed by atoms with van der Waals surface area (Å²) in [4.78, 5) is 0. The predicted octanol–water partition coefficient (Wildman–Crippen LogP) is 3.03. The lowest BCUT2D eigenvalue weighted by molar-refractivity contribution is 0.730. The first-order valence-corrected chi connectivity index (χ1v) is 4.39. The maximum Gasteiger partial charge on any atom is 0.0383 e. The van der Waals surface area contributed by atoms with Gasteiger partial charge in [-0.15, -0.1) is 0 Å². The highest BCUT2D eigenvalue weighted by atomic mass is 32.2. The molecule has 0 saturated heterocycles. The monoisotopic (exact) mass is 148 g/mol. The molecule has 1 heteroatoms. The van der Waals surface area contributed by atoms with Crippen LogP contribution in [0.15, 0.2) is 0 Å². The second-order valence-electron chi connectivity index (χ2n) is 2.90. The van der Waals surface area contributed by atoms with E-state index in [-0.39, 0.29) is 11.5 Å². The minimum absolute atomic E-state index is 0.139. The average Bonchev–Trinajstić information content (AvgIpc) is 1.87. The lowest BCUT2D eigenvalue weighted by atomic mass is 10.3. The van der Waals surface area contributed by atoms with Gasteiger partial charge in [0.1, 0.15) is 0 Å². The Labute approximate surface area is 66.2 Å². The number of thioether (sulfide) groups is 1. The Morgan fingerprint density at radius 1 is 1.11 bits per heavy atom. The fourth-order valence-electron chi connectivity index (χ4n) is 0.360. The van der Waals surface area contributed by atoms with Gasteiger partial charge in [-0.05, 0) is 23.3 Å². The highest BCUT2D eigenvalue weighted by Gasteiger charge is 1.95. The quantitative estimate of drug-likeness (QED) is 0.590. The molecule has 0 bridgehead atoms. The minimum atomic E-state index is -0.139. The van der Waals surface area contributed by atoms with E-state index in [4.69, 9.17) is 2.74 Å². The molecule has 0 saturated carbocycles. The van der Waals surface area contributed by atoms with E-state index in [1.54, 1.807) is 0 Å². The molecule has 0 rings (SSSR count). The zero-order valence-electron chi connectivity index (χ0n) is 8.72. The van der Waals surface area contributed by atoms with E-state index >= 15 is 0 Å². The molecule has 0 aromatic carbocycles. The molecule has 2 unspecified atom stereocenters. The Kier molecular flexibility index (Phi) is 3.49. The molecule has 0 radical (unpaired) electrons. The third-order valence-electron chi connectivity index (χ3n) is 0.701. The third kappa shape index (κ3) is 8.35. The van der Waals surface area contributed by atoms with Crippen molar-refractivity contribution in [2.24, 2.45) is 11.8 Å².